The standard InChI is InChI=1S/C15H11NO2S2/c1-8-3-4-10(5-9(8)2)13(17)11-6-12-14(19-7-11)16-15(18)20-12/h3-7H,1-2H3. The number of carbonyl (C=O) groups is 1. The maximum absolute atomic E-state index is 12.5. The third kappa shape index (κ3) is 2.30. The molecule has 2 aliphatic heterocycles. The fraction of sp³-hybridized carbons (Fsp3) is 0.133. The molecule has 5 heteroatoms. The molecule has 0 aliphatic carbocycles. The Morgan fingerprint density at radius 1 is 1.10 bits per heavy atom. The molecular formula is C15H11NO2S2. The molecular weight excluding hydrogens is 290 g/mol. The number of thiazole rings is 1. The molecule has 0 atom stereocenters. The third-order valence-corrected chi connectivity index (χ3v) is 5.05. The van der Waals surface area contributed by atoms with Crippen LogP contribution in [0.2, 0.25) is 0 Å². The topological polar surface area (TPSA) is 47.0 Å². The monoisotopic (exact) mass is 301 g/mol. The molecule has 20 heavy (non-hydrogen) atoms. The van der Waals surface area contributed by atoms with Crippen LogP contribution in [0.15, 0.2) is 34.4 Å². The molecule has 0 radical (unpaired) electrons. The van der Waals surface area contributed by atoms with E-state index in [1.54, 1.807) is 11.4 Å². The first-order valence-corrected chi connectivity index (χ1v) is 7.75. The van der Waals surface area contributed by atoms with Gasteiger partial charge < -0.3 is 0 Å². The lowest BCUT2D eigenvalue weighted by Crippen LogP contribution is -2.01. The number of fused-ring (bicyclic) bond motifs is 1. The van der Waals surface area contributed by atoms with Crippen molar-refractivity contribution < 1.29 is 4.79 Å². The van der Waals surface area contributed by atoms with Crippen LogP contribution in [0.5, 0.6) is 0 Å². The average Bonchev–Trinajstić information content (AvgIpc) is 2.80. The van der Waals surface area contributed by atoms with Gasteiger partial charge in [-0.15, -0.1) is 11.3 Å². The molecule has 0 N–H and O–H groups in total. The lowest BCUT2D eigenvalue weighted by Gasteiger charge is -2.05. The minimum atomic E-state index is -0.216. The summed E-state index contributed by atoms with van der Waals surface area (Å²) in [5.41, 5.74) is 3.54. The van der Waals surface area contributed by atoms with E-state index >= 15 is 0 Å². The molecule has 100 valence electrons. The summed E-state index contributed by atoms with van der Waals surface area (Å²) < 4.78 is 0. The SMILES string of the molecule is Cc1ccc(C(=O)c2csc3nc(=O)sc-3c2)cc1C. The van der Waals surface area contributed by atoms with Crippen LogP contribution >= 0.6 is 22.7 Å². The molecule has 0 saturated carbocycles. The Hall–Kier alpha value is -1.85. The van der Waals surface area contributed by atoms with Gasteiger partial charge in [0.25, 0.3) is 0 Å². The number of hydrogen-bond acceptors (Lipinski definition) is 5. The summed E-state index contributed by atoms with van der Waals surface area (Å²) in [6.45, 7) is 4.01. The number of aryl methyl sites for hydroxylation is 2. The molecule has 0 amide bonds. The first kappa shape index (κ1) is 13.1. The summed E-state index contributed by atoms with van der Waals surface area (Å²) in [6.07, 6.45) is 0. The van der Waals surface area contributed by atoms with Gasteiger partial charge in [-0.1, -0.05) is 23.5 Å². The van der Waals surface area contributed by atoms with Crippen molar-refractivity contribution in [2.75, 3.05) is 0 Å². The van der Waals surface area contributed by atoms with Crippen LogP contribution in [0.1, 0.15) is 27.0 Å². The van der Waals surface area contributed by atoms with Crippen molar-refractivity contribution >= 4 is 28.5 Å². The molecule has 2 aliphatic rings. The maximum atomic E-state index is 12.5. The predicted molar refractivity (Wildman–Crippen MR) is 82.2 cm³/mol. The van der Waals surface area contributed by atoms with Crippen LogP contribution in [0, 0.1) is 13.8 Å². The molecule has 0 fully saturated rings. The van der Waals surface area contributed by atoms with Crippen molar-refractivity contribution in [1.29, 1.82) is 0 Å². The van der Waals surface area contributed by atoms with Gasteiger partial charge in [-0.05, 0) is 37.1 Å². The molecule has 0 aromatic heterocycles. The summed E-state index contributed by atoms with van der Waals surface area (Å²) in [5, 5.41) is 2.45. The highest BCUT2D eigenvalue weighted by molar-refractivity contribution is 7.20. The van der Waals surface area contributed by atoms with E-state index in [4.69, 9.17) is 0 Å². The van der Waals surface area contributed by atoms with Crippen LogP contribution < -0.4 is 4.87 Å². The quantitative estimate of drug-likeness (QED) is 0.680. The van der Waals surface area contributed by atoms with Crippen molar-refractivity contribution in [1.82, 2.24) is 4.98 Å². The maximum Gasteiger partial charge on any atom is 0.328 e. The third-order valence-electron chi connectivity index (χ3n) is 3.22. The lowest BCUT2D eigenvalue weighted by atomic mass is 10.0. The number of ketones is 1. The normalized spacial score (nSPS) is 10.9. The molecule has 3 rings (SSSR count). The number of rotatable bonds is 2. The van der Waals surface area contributed by atoms with Gasteiger partial charge in [-0.3, -0.25) is 9.59 Å². The summed E-state index contributed by atoms with van der Waals surface area (Å²) in [4.78, 5) is 28.2. The van der Waals surface area contributed by atoms with Gasteiger partial charge >= 0.3 is 4.87 Å². The van der Waals surface area contributed by atoms with Crippen LogP contribution in [0.25, 0.3) is 9.88 Å². The Balaban J connectivity index is 2.06. The first-order valence-electron chi connectivity index (χ1n) is 6.06. The van der Waals surface area contributed by atoms with Gasteiger partial charge in [0.05, 0.1) is 4.88 Å². The Bertz CT molecular complexity index is 832. The fourth-order valence-corrected chi connectivity index (χ4v) is 3.63. The van der Waals surface area contributed by atoms with Gasteiger partial charge in [-0.2, -0.15) is 4.98 Å². The van der Waals surface area contributed by atoms with Crippen LogP contribution in [0.3, 0.4) is 0 Å². The van der Waals surface area contributed by atoms with Crippen molar-refractivity contribution in [2.24, 2.45) is 0 Å². The molecule has 0 unspecified atom stereocenters. The van der Waals surface area contributed by atoms with Gasteiger partial charge in [-0.25, -0.2) is 0 Å². The van der Waals surface area contributed by atoms with E-state index in [9.17, 15) is 9.59 Å². The molecule has 1 aromatic rings. The zero-order valence-corrected chi connectivity index (χ0v) is 12.6. The van der Waals surface area contributed by atoms with Gasteiger partial charge in [0.15, 0.2) is 5.78 Å². The average molecular weight is 301 g/mol. The van der Waals surface area contributed by atoms with E-state index in [1.807, 2.05) is 32.0 Å². The van der Waals surface area contributed by atoms with Crippen LogP contribution in [0.4, 0.5) is 0 Å². The van der Waals surface area contributed by atoms with Crippen LogP contribution in [-0.2, 0) is 0 Å². The number of benzene rings is 1. The molecule has 0 saturated heterocycles. The van der Waals surface area contributed by atoms with E-state index in [0.29, 0.717) is 16.1 Å². The predicted octanol–water partition coefficient (Wildman–Crippen LogP) is 3.52. The summed E-state index contributed by atoms with van der Waals surface area (Å²) >= 11 is 2.41. The van der Waals surface area contributed by atoms with E-state index in [2.05, 4.69) is 4.98 Å². The second kappa shape index (κ2) is 4.92. The highest BCUT2D eigenvalue weighted by Crippen LogP contribution is 2.28. The lowest BCUT2D eigenvalue weighted by molar-refractivity contribution is 0.103. The highest BCUT2D eigenvalue weighted by atomic mass is 32.1. The van der Waals surface area contributed by atoms with E-state index in [1.165, 1.54) is 16.9 Å². The number of nitrogens with zero attached hydrogens (tertiary/aromatic N) is 1. The summed E-state index contributed by atoms with van der Waals surface area (Å²) in [7, 11) is 0. The molecule has 2 heterocycles. The van der Waals surface area contributed by atoms with Crippen molar-refractivity contribution in [3.05, 3.63) is 61.6 Å². The van der Waals surface area contributed by atoms with Crippen molar-refractivity contribution in [3.8, 4) is 9.88 Å². The van der Waals surface area contributed by atoms with Gasteiger partial charge in [0.1, 0.15) is 5.01 Å². The highest BCUT2D eigenvalue weighted by Gasteiger charge is 2.15. The van der Waals surface area contributed by atoms with E-state index in [0.717, 1.165) is 21.8 Å². The number of aromatic nitrogens is 1. The molecule has 1 aromatic carbocycles. The minimum absolute atomic E-state index is 0.0212. The van der Waals surface area contributed by atoms with Gasteiger partial charge in [0, 0.05) is 16.5 Å². The van der Waals surface area contributed by atoms with E-state index < -0.39 is 0 Å². The molecule has 3 nitrogen and oxygen atoms in total. The Morgan fingerprint density at radius 3 is 2.65 bits per heavy atom. The second-order valence-corrected chi connectivity index (χ2v) is 6.46. The number of carbonyl (C=O) groups excluding carboxylic acids is 1. The smallest absolute Gasteiger partial charge is 0.289 e. The zero-order chi connectivity index (χ0) is 14.3. The Labute approximate surface area is 123 Å². The Morgan fingerprint density at radius 2 is 1.90 bits per heavy atom. The largest absolute Gasteiger partial charge is 0.328 e. The second-order valence-electron chi connectivity index (χ2n) is 4.61. The number of hydrogen-bond donors (Lipinski definition) is 0. The van der Waals surface area contributed by atoms with Crippen LogP contribution in [-0.4, -0.2) is 10.8 Å². The zero-order valence-electron chi connectivity index (χ0n) is 11.0. The Kier molecular flexibility index (Phi) is 3.23. The molecule has 0 spiro atoms. The first-order chi connectivity index (χ1) is 9.54. The minimum Gasteiger partial charge on any atom is -0.289 e. The molecule has 0 bridgehead atoms. The van der Waals surface area contributed by atoms with E-state index in [-0.39, 0.29) is 10.7 Å². The summed E-state index contributed by atoms with van der Waals surface area (Å²) in [6, 6.07) is 7.44. The van der Waals surface area contributed by atoms with Gasteiger partial charge in [0.2, 0.25) is 0 Å². The fourth-order valence-electron chi connectivity index (χ4n) is 1.94. The van der Waals surface area contributed by atoms with Crippen molar-refractivity contribution in [3.63, 3.8) is 0 Å². The van der Waals surface area contributed by atoms with Crippen molar-refractivity contribution in [2.45, 2.75) is 13.8 Å². The summed E-state index contributed by atoms with van der Waals surface area (Å²) in [5.74, 6) is -0.0212.